The number of amides is 2. The molecule has 16 heavy (non-hydrogen) atoms. The Balaban J connectivity index is 2.20. The number of nitrogens with one attached hydrogen (secondary N) is 1. The molecule has 4 heteroatoms. The number of hydrogen-bond donors (Lipinski definition) is 2. The summed E-state index contributed by atoms with van der Waals surface area (Å²) in [7, 11) is 0. The largest absolute Gasteiger partial charge is 0.335 e. The first kappa shape index (κ1) is 11.0. The maximum absolute atomic E-state index is 11.8. The fourth-order valence-corrected chi connectivity index (χ4v) is 1.88. The van der Waals surface area contributed by atoms with Gasteiger partial charge >= 0.3 is 6.03 Å². The Morgan fingerprint density at radius 3 is 3.06 bits per heavy atom. The van der Waals surface area contributed by atoms with Gasteiger partial charge in [-0.3, -0.25) is 4.90 Å². The van der Waals surface area contributed by atoms with Crippen molar-refractivity contribution < 1.29 is 4.79 Å². The Morgan fingerprint density at radius 2 is 2.38 bits per heavy atom. The molecule has 0 bridgehead atoms. The molecule has 0 spiro atoms. The minimum atomic E-state index is -0.0204. The third kappa shape index (κ3) is 2.17. The monoisotopic (exact) mass is 219 g/mol. The highest BCUT2D eigenvalue weighted by molar-refractivity contribution is 5.92. The van der Waals surface area contributed by atoms with Gasteiger partial charge in [-0.15, -0.1) is 0 Å². The summed E-state index contributed by atoms with van der Waals surface area (Å²) in [5.41, 5.74) is 7.55. The van der Waals surface area contributed by atoms with E-state index < -0.39 is 0 Å². The van der Waals surface area contributed by atoms with Crippen LogP contribution in [0, 0.1) is 0 Å². The molecule has 0 radical (unpaired) electrons. The topological polar surface area (TPSA) is 58.4 Å². The second-order valence-electron chi connectivity index (χ2n) is 4.16. The number of nitrogens with two attached hydrogens (primary N) is 1. The van der Waals surface area contributed by atoms with Crippen LogP contribution in [0.1, 0.15) is 18.9 Å². The fourth-order valence-electron chi connectivity index (χ4n) is 1.88. The SMILES string of the molecule is CC1CCN(c2cccc(CN)c2)C(=O)N1. The number of anilines is 1. The number of carbonyl (C=O) groups excluding carboxylic acids is 1. The summed E-state index contributed by atoms with van der Waals surface area (Å²) < 4.78 is 0. The Morgan fingerprint density at radius 1 is 1.56 bits per heavy atom. The molecule has 0 aliphatic carbocycles. The highest BCUT2D eigenvalue weighted by atomic mass is 16.2. The van der Waals surface area contributed by atoms with Gasteiger partial charge in [0.2, 0.25) is 0 Å². The molecule has 1 heterocycles. The lowest BCUT2D eigenvalue weighted by Gasteiger charge is -2.31. The Bertz CT molecular complexity index is 392. The van der Waals surface area contributed by atoms with Gasteiger partial charge in [0.15, 0.2) is 0 Å². The summed E-state index contributed by atoms with van der Waals surface area (Å²) in [5.74, 6) is 0. The normalized spacial score (nSPS) is 20.8. The predicted molar refractivity (Wildman–Crippen MR) is 64.3 cm³/mol. The van der Waals surface area contributed by atoms with Crippen LogP contribution < -0.4 is 16.0 Å². The average Bonchev–Trinajstić information content (AvgIpc) is 2.29. The van der Waals surface area contributed by atoms with Crippen molar-refractivity contribution in [3.05, 3.63) is 29.8 Å². The maximum Gasteiger partial charge on any atom is 0.322 e. The molecule has 1 atom stereocenters. The highest BCUT2D eigenvalue weighted by Gasteiger charge is 2.23. The standard InChI is InChI=1S/C12H17N3O/c1-9-5-6-15(12(16)14-9)11-4-2-3-10(7-11)8-13/h2-4,7,9H,5-6,8,13H2,1H3,(H,14,16). The van der Waals surface area contributed by atoms with Gasteiger partial charge in [-0.25, -0.2) is 4.79 Å². The molecule has 0 aromatic heterocycles. The molecule has 4 nitrogen and oxygen atoms in total. The minimum absolute atomic E-state index is 0.0204. The zero-order valence-corrected chi connectivity index (χ0v) is 9.44. The molecule has 1 aliphatic heterocycles. The lowest BCUT2D eigenvalue weighted by Crippen LogP contribution is -2.50. The van der Waals surface area contributed by atoms with Crippen molar-refractivity contribution in [2.45, 2.75) is 25.9 Å². The van der Waals surface area contributed by atoms with Gasteiger partial charge in [-0.05, 0) is 31.0 Å². The second-order valence-corrected chi connectivity index (χ2v) is 4.16. The molecule has 3 N–H and O–H groups in total. The van der Waals surface area contributed by atoms with Gasteiger partial charge in [0, 0.05) is 24.8 Å². The second kappa shape index (κ2) is 4.53. The summed E-state index contributed by atoms with van der Waals surface area (Å²) in [6.45, 7) is 3.28. The van der Waals surface area contributed by atoms with E-state index >= 15 is 0 Å². The van der Waals surface area contributed by atoms with E-state index in [1.807, 2.05) is 31.2 Å². The number of nitrogens with zero attached hydrogens (tertiary/aromatic N) is 1. The molecule has 0 saturated carbocycles. The first-order valence-corrected chi connectivity index (χ1v) is 5.58. The van der Waals surface area contributed by atoms with E-state index in [9.17, 15) is 4.79 Å². The lowest BCUT2D eigenvalue weighted by atomic mass is 10.1. The van der Waals surface area contributed by atoms with Crippen LogP contribution in [0.15, 0.2) is 24.3 Å². The summed E-state index contributed by atoms with van der Waals surface area (Å²) >= 11 is 0. The smallest absolute Gasteiger partial charge is 0.322 e. The first-order valence-electron chi connectivity index (χ1n) is 5.58. The Hall–Kier alpha value is -1.55. The number of hydrogen-bond acceptors (Lipinski definition) is 2. The summed E-state index contributed by atoms with van der Waals surface area (Å²) in [6, 6.07) is 8.05. The van der Waals surface area contributed by atoms with E-state index in [1.165, 1.54) is 0 Å². The van der Waals surface area contributed by atoms with E-state index in [4.69, 9.17) is 5.73 Å². The third-order valence-electron chi connectivity index (χ3n) is 2.86. The molecule has 1 saturated heterocycles. The van der Waals surface area contributed by atoms with Crippen molar-refractivity contribution in [1.82, 2.24) is 5.32 Å². The average molecular weight is 219 g/mol. The Labute approximate surface area is 95.4 Å². The van der Waals surface area contributed by atoms with Gasteiger partial charge in [0.25, 0.3) is 0 Å². The van der Waals surface area contributed by atoms with Crippen LogP contribution in [0.25, 0.3) is 0 Å². The quantitative estimate of drug-likeness (QED) is 0.791. The molecule has 1 aromatic carbocycles. The van der Waals surface area contributed by atoms with E-state index in [0.717, 1.165) is 24.2 Å². The minimum Gasteiger partial charge on any atom is -0.335 e. The summed E-state index contributed by atoms with van der Waals surface area (Å²) in [5, 5.41) is 2.92. The van der Waals surface area contributed by atoms with Crippen LogP contribution >= 0.6 is 0 Å². The van der Waals surface area contributed by atoms with Gasteiger partial charge < -0.3 is 11.1 Å². The van der Waals surface area contributed by atoms with E-state index in [1.54, 1.807) is 4.90 Å². The molecule has 2 rings (SSSR count). The number of rotatable bonds is 2. The summed E-state index contributed by atoms with van der Waals surface area (Å²) in [6.07, 6.45) is 0.971. The van der Waals surface area contributed by atoms with Crippen molar-refractivity contribution >= 4 is 11.7 Å². The van der Waals surface area contributed by atoms with Crippen LogP contribution in [-0.4, -0.2) is 18.6 Å². The van der Waals surface area contributed by atoms with Crippen molar-refractivity contribution in [1.29, 1.82) is 0 Å². The number of carbonyl (C=O) groups is 1. The van der Waals surface area contributed by atoms with Crippen molar-refractivity contribution in [2.24, 2.45) is 5.73 Å². The zero-order chi connectivity index (χ0) is 11.5. The van der Waals surface area contributed by atoms with E-state index in [0.29, 0.717) is 6.54 Å². The maximum atomic E-state index is 11.8. The van der Waals surface area contributed by atoms with Crippen molar-refractivity contribution in [3.8, 4) is 0 Å². The third-order valence-corrected chi connectivity index (χ3v) is 2.86. The van der Waals surface area contributed by atoms with Crippen LogP contribution in [0.3, 0.4) is 0 Å². The van der Waals surface area contributed by atoms with Gasteiger partial charge in [0.1, 0.15) is 0 Å². The summed E-state index contributed by atoms with van der Waals surface area (Å²) in [4.78, 5) is 13.6. The first-order chi connectivity index (χ1) is 7.70. The molecule has 2 amide bonds. The Kier molecular flexibility index (Phi) is 3.10. The van der Waals surface area contributed by atoms with Gasteiger partial charge in [-0.1, -0.05) is 12.1 Å². The highest BCUT2D eigenvalue weighted by Crippen LogP contribution is 2.19. The van der Waals surface area contributed by atoms with Crippen LogP contribution in [0.5, 0.6) is 0 Å². The van der Waals surface area contributed by atoms with Gasteiger partial charge in [-0.2, -0.15) is 0 Å². The van der Waals surface area contributed by atoms with Crippen molar-refractivity contribution in [3.63, 3.8) is 0 Å². The predicted octanol–water partition coefficient (Wildman–Crippen LogP) is 1.45. The molecule has 86 valence electrons. The van der Waals surface area contributed by atoms with Crippen LogP contribution in [-0.2, 0) is 6.54 Å². The zero-order valence-electron chi connectivity index (χ0n) is 9.44. The lowest BCUT2D eigenvalue weighted by molar-refractivity contribution is 0.237. The molecule has 1 aliphatic rings. The molecular formula is C12H17N3O. The number of benzene rings is 1. The van der Waals surface area contributed by atoms with Gasteiger partial charge in [0.05, 0.1) is 0 Å². The molecular weight excluding hydrogens is 202 g/mol. The fraction of sp³-hybridized carbons (Fsp3) is 0.417. The molecule has 1 fully saturated rings. The molecule has 1 unspecified atom stereocenters. The van der Waals surface area contributed by atoms with Crippen LogP contribution in [0.2, 0.25) is 0 Å². The molecule has 1 aromatic rings. The van der Waals surface area contributed by atoms with Crippen LogP contribution in [0.4, 0.5) is 10.5 Å². The number of urea groups is 1. The van der Waals surface area contributed by atoms with Crippen molar-refractivity contribution in [2.75, 3.05) is 11.4 Å². The van der Waals surface area contributed by atoms with E-state index in [-0.39, 0.29) is 12.1 Å². The van der Waals surface area contributed by atoms with E-state index in [2.05, 4.69) is 5.32 Å².